The summed E-state index contributed by atoms with van der Waals surface area (Å²) >= 11 is 0. The first-order chi connectivity index (χ1) is 33.2. The molecule has 2 atom stereocenters. The molecule has 0 aromatic heterocycles. The molecule has 0 fully saturated rings. The molecule has 6 heteroatoms. The second-order valence-electron chi connectivity index (χ2n) is 22.4. The third kappa shape index (κ3) is 28.7. The lowest BCUT2D eigenvalue weighted by atomic mass is 9.62. The molecule has 4 N–H and O–H groups in total. The van der Waals surface area contributed by atoms with Crippen LogP contribution in [0.4, 0.5) is 0 Å². The van der Waals surface area contributed by atoms with Crippen LogP contribution in [0.25, 0.3) is 0 Å². The lowest BCUT2D eigenvalue weighted by Crippen LogP contribution is -2.68. The van der Waals surface area contributed by atoms with Gasteiger partial charge in [-0.15, -0.1) is 0 Å². The SMILES string of the molecule is CCCCCCCCCCCCCCC(O)(CCCCCCCCCCCCCC)[C@@](O)(CCCCCCCCCCCCCC)[C@@]1(CCCCCCCCCCCCCC)OC(=O)C(O)=C1O. The molecule has 0 saturated heterocycles. The van der Waals surface area contributed by atoms with Gasteiger partial charge in [0.25, 0.3) is 0 Å². The minimum atomic E-state index is -1.93. The van der Waals surface area contributed by atoms with E-state index >= 15 is 0 Å². The molecule has 0 aromatic carbocycles. The minimum Gasteiger partial charge on any atom is -0.505 e. The molecule has 68 heavy (non-hydrogen) atoms. The van der Waals surface area contributed by atoms with E-state index in [0.717, 1.165) is 77.0 Å². The number of esters is 1. The van der Waals surface area contributed by atoms with Crippen molar-refractivity contribution in [1.82, 2.24) is 0 Å². The Balaban J connectivity index is 3.17. The number of cyclic esters (lactones) is 1. The van der Waals surface area contributed by atoms with E-state index < -0.39 is 34.3 Å². The van der Waals surface area contributed by atoms with E-state index in [0.29, 0.717) is 25.7 Å². The van der Waals surface area contributed by atoms with Gasteiger partial charge in [0.05, 0.1) is 5.60 Å². The van der Waals surface area contributed by atoms with E-state index in [1.165, 1.54) is 218 Å². The molecule has 1 rings (SSSR count). The number of ether oxygens (including phenoxy) is 1. The molecule has 404 valence electrons. The minimum absolute atomic E-state index is 0.194. The number of carbonyl (C=O) groups excluding carboxylic acids is 1. The van der Waals surface area contributed by atoms with E-state index in [1.54, 1.807) is 0 Å². The highest BCUT2D eigenvalue weighted by Crippen LogP contribution is 2.53. The molecular formula is C62H120O6. The molecular weight excluding hydrogens is 841 g/mol. The fraction of sp³-hybridized carbons (Fsp3) is 0.952. The van der Waals surface area contributed by atoms with Crippen molar-refractivity contribution in [3.63, 3.8) is 0 Å². The van der Waals surface area contributed by atoms with Crippen molar-refractivity contribution in [2.45, 2.75) is 378 Å². The summed E-state index contributed by atoms with van der Waals surface area (Å²) in [5, 5.41) is 49.8. The van der Waals surface area contributed by atoms with Crippen molar-refractivity contribution >= 4 is 5.97 Å². The second-order valence-corrected chi connectivity index (χ2v) is 22.4. The van der Waals surface area contributed by atoms with Gasteiger partial charge in [-0.1, -0.05) is 329 Å². The van der Waals surface area contributed by atoms with Crippen molar-refractivity contribution in [3.8, 4) is 0 Å². The fourth-order valence-corrected chi connectivity index (χ4v) is 11.5. The summed E-state index contributed by atoms with van der Waals surface area (Å²) in [6.07, 6.45) is 58.7. The van der Waals surface area contributed by atoms with Gasteiger partial charge in [-0.2, -0.15) is 0 Å². The zero-order valence-electron chi connectivity index (χ0n) is 46.4. The van der Waals surface area contributed by atoms with Crippen molar-refractivity contribution < 1.29 is 30.0 Å². The molecule has 0 aliphatic carbocycles. The van der Waals surface area contributed by atoms with Crippen LogP contribution in [-0.4, -0.2) is 43.2 Å². The van der Waals surface area contributed by atoms with Crippen LogP contribution < -0.4 is 0 Å². The number of aliphatic hydroxyl groups excluding tert-OH is 2. The van der Waals surface area contributed by atoms with E-state index in [4.69, 9.17) is 4.74 Å². The van der Waals surface area contributed by atoms with Crippen molar-refractivity contribution in [2.75, 3.05) is 0 Å². The number of rotatable bonds is 54. The maximum Gasteiger partial charge on any atom is 0.378 e. The number of carbonyl (C=O) groups is 1. The number of unbranched alkanes of at least 4 members (excludes halogenated alkanes) is 44. The van der Waals surface area contributed by atoms with Crippen LogP contribution in [-0.2, 0) is 9.53 Å². The van der Waals surface area contributed by atoms with Crippen molar-refractivity contribution in [1.29, 1.82) is 0 Å². The maximum absolute atomic E-state index is 13.5. The summed E-state index contributed by atoms with van der Waals surface area (Å²) in [5.74, 6) is -2.34. The third-order valence-electron chi connectivity index (χ3n) is 16.2. The first-order valence-corrected chi connectivity index (χ1v) is 31.0. The Labute approximate surface area is 424 Å². The van der Waals surface area contributed by atoms with E-state index in [2.05, 4.69) is 27.7 Å². The summed E-state index contributed by atoms with van der Waals surface area (Å²) in [5.41, 5.74) is -5.39. The maximum atomic E-state index is 13.5. The highest BCUT2D eigenvalue weighted by atomic mass is 16.6. The van der Waals surface area contributed by atoms with Crippen LogP contribution in [0.5, 0.6) is 0 Å². The molecule has 0 unspecified atom stereocenters. The molecule has 1 aliphatic rings. The van der Waals surface area contributed by atoms with Crippen molar-refractivity contribution in [2.24, 2.45) is 0 Å². The Morgan fingerprint density at radius 3 is 0.794 bits per heavy atom. The van der Waals surface area contributed by atoms with E-state index in [-0.39, 0.29) is 12.8 Å². The van der Waals surface area contributed by atoms with E-state index in [1.807, 2.05) is 0 Å². The van der Waals surface area contributed by atoms with Gasteiger partial charge >= 0.3 is 5.97 Å². The molecule has 1 heterocycles. The summed E-state index contributed by atoms with van der Waals surface area (Å²) in [6, 6.07) is 0. The molecule has 0 bridgehead atoms. The highest BCUT2D eigenvalue weighted by molar-refractivity contribution is 5.90. The molecule has 0 spiro atoms. The average molecular weight is 962 g/mol. The Morgan fingerprint density at radius 1 is 0.338 bits per heavy atom. The van der Waals surface area contributed by atoms with Gasteiger partial charge in [0.15, 0.2) is 5.76 Å². The van der Waals surface area contributed by atoms with Crippen LogP contribution in [0.2, 0.25) is 0 Å². The Morgan fingerprint density at radius 2 is 0.559 bits per heavy atom. The third-order valence-corrected chi connectivity index (χ3v) is 16.2. The first kappa shape index (κ1) is 64.7. The predicted molar refractivity (Wildman–Crippen MR) is 294 cm³/mol. The molecule has 1 aliphatic heterocycles. The zero-order valence-corrected chi connectivity index (χ0v) is 46.4. The van der Waals surface area contributed by atoms with Gasteiger partial charge in [-0.3, -0.25) is 0 Å². The lowest BCUT2D eigenvalue weighted by Gasteiger charge is -2.53. The summed E-state index contributed by atoms with van der Waals surface area (Å²) in [7, 11) is 0. The number of hydrogen-bond donors (Lipinski definition) is 4. The molecule has 0 aromatic rings. The standard InChI is InChI=1S/C62H120O6/c1-5-9-13-17-21-25-29-33-37-41-45-49-53-60(66,54-50-46-42-38-34-30-26-22-18-14-10-6-2)62(67,56-52-48-44-40-36-32-28-24-20-16-12-8-4)61(58(64)57(63)59(65)68-61)55-51-47-43-39-35-31-27-23-19-15-11-7-3/h63-64,66-67H,5-56H2,1-4H3/t61-,62-/m0/s1. The van der Waals surface area contributed by atoms with Crippen LogP contribution >= 0.6 is 0 Å². The first-order valence-electron chi connectivity index (χ1n) is 31.0. The fourth-order valence-electron chi connectivity index (χ4n) is 11.5. The quantitative estimate of drug-likeness (QED) is 0.0357. The lowest BCUT2D eigenvalue weighted by molar-refractivity contribution is -0.256. The normalized spacial score (nSPS) is 16.3. The highest BCUT2D eigenvalue weighted by Gasteiger charge is 2.68. The number of aliphatic hydroxyl groups is 4. The van der Waals surface area contributed by atoms with Gasteiger partial charge in [-0.25, -0.2) is 4.79 Å². The van der Waals surface area contributed by atoms with Gasteiger partial charge in [0.1, 0.15) is 5.60 Å². The number of hydrogen-bond acceptors (Lipinski definition) is 6. The summed E-state index contributed by atoms with van der Waals surface area (Å²) in [4.78, 5) is 13.3. The predicted octanol–water partition coefficient (Wildman–Crippen LogP) is 20.4. The largest absolute Gasteiger partial charge is 0.505 e. The van der Waals surface area contributed by atoms with Gasteiger partial charge in [-0.05, 0) is 32.1 Å². The Kier molecular flexibility index (Phi) is 42.3. The second kappa shape index (κ2) is 44.4. The van der Waals surface area contributed by atoms with Gasteiger partial charge in [0, 0.05) is 0 Å². The Bertz CT molecular complexity index is 1120. The smallest absolute Gasteiger partial charge is 0.378 e. The van der Waals surface area contributed by atoms with Crippen molar-refractivity contribution in [3.05, 3.63) is 11.5 Å². The molecule has 0 radical (unpaired) electrons. The monoisotopic (exact) mass is 961 g/mol. The summed E-state index contributed by atoms with van der Waals surface area (Å²) in [6.45, 7) is 9.08. The molecule has 0 amide bonds. The van der Waals surface area contributed by atoms with E-state index in [9.17, 15) is 25.2 Å². The van der Waals surface area contributed by atoms with Crippen LogP contribution in [0.1, 0.15) is 362 Å². The average Bonchev–Trinajstić information content (AvgIpc) is 3.56. The zero-order chi connectivity index (χ0) is 49.7. The molecule has 6 nitrogen and oxygen atoms in total. The Hall–Kier alpha value is -1.27. The van der Waals surface area contributed by atoms with Gasteiger partial charge in [0.2, 0.25) is 11.4 Å². The van der Waals surface area contributed by atoms with Crippen LogP contribution in [0.3, 0.4) is 0 Å². The van der Waals surface area contributed by atoms with Crippen LogP contribution in [0.15, 0.2) is 11.5 Å². The van der Waals surface area contributed by atoms with Crippen LogP contribution in [0, 0.1) is 0 Å². The van der Waals surface area contributed by atoms with Gasteiger partial charge < -0.3 is 25.2 Å². The summed E-state index contributed by atoms with van der Waals surface area (Å²) < 4.78 is 6.15. The molecule has 0 saturated carbocycles. The topological polar surface area (TPSA) is 107 Å².